The summed E-state index contributed by atoms with van der Waals surface area (Å²) in [5, 5.41) is 0.719. The van der Waals surface area contributed by atoms with Crippen LogP contribution in [0.2, 0.25) is 5.02 Å². The number of carbonyl (C=O) groups excluding carboxylic acids is 1. The summed E-state index contributed by atoms with van der Waals surface area (Å²) in [6.07, 6.45) is 2.66. The fraction of sp³-hybridized carbons (Fsp3) is 0.417. The molecule has 2 aliphatic rings. The van der Waals surface area contributed by atoms with Crippen LogP contribution in [0.5, 0.6) is 5.75 Å². The second-order valence-corrected chi connectivity index (χ2v) is 12.1. The molecule has 2 saturated heterocycles. The number of rotatable bonds is 9. The first-order chi connectivity index (χ1) is 21.4. The lowest BCUT2D eigenvalue weighted by Crippen LogP contribution is -2.55. The molecule has 0 bridgehead atoms. The summed E-state index contributed by atoms with van der Waals surface area (Å²) in [6, 6.07) is 20.4. The molecule has 0 aliphatic carbocycles. The van der Waals surface area contributed by atoms with Gasteiger partial charge in [-0.3, -0.25) is 9.69 Å². The van der Waals surface area contributed by atoms with Crippen molar-refractivity contribution in [1.82, 2.24) is 14.7 Å². The van der Waals surface area contributed by atoms with Gasteiger partial charge >= 0.3 is 0 Å². The summed E-state index contributed by atoms with van der Waals surface area (Å²) < 4.78 is 20.2. The second-order valence-electron chi connectivity index (χ2n) is 11.6. The van der Waals surface area contributed by atoms with Gasteiger partial charge in [0.2, 0.25) is 5.91 Å². The molecule has 0 saturated carbocycles. The zero-order valence-electron chi connectivity index (χ0n) is 25.5. The van der Waals surface area contributed by atoms with Crippen LogP contribution in [-0.4, -0.2) is 79.1 Å². The molecule has 3 aromatic rings. The van der Waals surface area contributed by atoms with Gasteiger partial charge in [-0.2, -0.15) is 0 Å². The Morgan fingerprint density at radius 3 is 2.45 bits per heavy atom. The van der Waals surface area contributed by atoms with Crippen LogP contribution in [0.15, 0.2) is 66.7 Å². The molecular weight excluding hydrogens is 575 g/mol. The zero-order chi connectivity index (χ0) is 30.9. The molecule has 0 unspecified atom stereocenters. The highest BCUT2D eigenvalue weighted by Crippen LogP contribution is 2.25. The van der Waals surface area contributed by atoms with E-state index in [1.54, 1.807) is 6.07 Å². The van der Waals surface area contributed by atoms with E-state index in [9.17, 15) is 9.18 Å². The van der Waals surface area contributed by atoms with Gasteiger partial charge in [-0.15, -0.1) is 0 Å². The van der Waals surface area contributed by atoms with E-state index < -0.39 is 6.04 Å². The maximum Gasteiger partial charge on any atom is 0.239 e. The molecule has 3 aromatic carbocycles. The highest BCUT2D eigenvalue weighted by molar-refractivity contribution is 6.30. The lowest BCUT2D eigenvalue weighted by atomic mass is 9.88. The Hall–Kier alpha value is -3.41. The Kier molecular flexibility index (Phi) is 11.3. The number of amides is 1. The average Bonchev–Trinajstić information content (AvgIpc) is 3.05. The summed E-state index contributed by atoms with van der Waals surface area (Å²) in [5.41, 5.74) is 10.3. The number of nitrogens with two attached hydrogens (primary N) is 1. The molecule has 44 heavy (non-hydrogen) atoms. The van der Waals surface area contributed by atoms with Crippen LogP contribution >= 0.6 is 11.6 Å². The Balaban J connectivity index is 1.08. The van der Waals surface area contributed by atoms with E-state index in [0.717, 1.165) is 60.6 Å². The number of piperazine rings is 1. The van der Waals surface area contributed by atoms with Gasteiger partial charge in [0, 0.05) is 61.0 Å². The van der Waals surface area contributed by atoms with Crippen LogP contribution in [0.25, 0.3) is 0 Å². The smallest absolute Gasteiger partial charge is 0.239 e. The van der Waals surface area contributed by atoms with Crippen molar-refractivity contribution in [2.24, 2.45) is 11.7 Å². The highest BCUT2D eigenvalue weighted by Gasteiger charge is 2.33. The molecule has 0 aromatic heterocycles. The predicted octanol–water partition coefficient (Wildman–Crippen LogP) is 5.20. The summed E-state index contributed by atoms with van der Waals surface area (Å²) >= 11 is 6.34. The van der Waals surface area contributed by atoms with Gasteiger partial charge in [0.1, 0.15) is 11.6 Å². The minimum absolute atomic E-state index is 0.0320. The van der Waals surface area contributed by atoms with Crippen molar-refractivity contribution in [2.45, 2.75) is 38.8 Å². The number of nitrogens with zero attached hydrogens (tertiary/aromatic N) is 3. The summed E-state index contributed by atoms with van der Waals surface area (Å²) in [7, 11) is 0. The predicted molar refractivity (Wildman–Crippen MR) is 174 cm³/mol. The first-order valence-electron chi connectivity index (χ1n) is 15.7. The van der Waals surface area contributed by atoms with Crippen molar-refractivity contribution in [1.29, 1.82) is 0 Å². The van der Waals surface area contributed by atoms with Gasteiger partial charge < -0.3 is 20.3 Å². The third kappa shape index (κ3) is 8.40. The van der Waals surface area contributed by atoms with E-state index in [1.807, 2.05) is 66.4 Å². The standard InChI is InChI=1S/C36H42ClFN4O2/c1-2-44-34-10-6-9-33(38)32(34)26-41-21-23-42(24-22-41)36(43)35(39)29-15-18-40(19-16-29)20-17-30-25-31(37)14-13-28(30)12-11-27-7-4-3-5-8-27/h3-10,13-14,25,29,35H,2,15-24,26,39H2,1H3/t35-/m1/s1. The Morgan fingerprint density at radius 1 is 0.977 bits per heavy atom. The third-order valence-corrected chi connectivity index (χ3v) is 8.98. The molecule has 0 spiro atoms. The lowest BCUT2D eigenvalue weighted by Gasteiger charge is -2.39. The van der Waals surface area contributed by atoms with Crippen LogP contribution < -0.4 is 10.5 Å². The van der Waals surface area contributed by atoms with Crippen molar-refractivity contribution in [3.05, 3.63) is 99.8 Å². The summed E-state index contributed by atoms with van der Waals surface area (Å²) in [4.78, 5) is 19.8. The third-order valence-electron chi connectivity index (χ3n) is 8.75. The maximum atomic E-state index is 14.5. The molecule has 1 atom stereocenters. The number of hydrogen-bond acceptors (Lipinski definition) is 5. The van der Waals surface area contributed by atoms with Crippen molar-refractivity contribution in [3.8, 4) is 17.6 Å². The lowest BCUT2D eigenvalue weighted by molar-refractivity contribution is -0.136. The van der Waals surface area contributed by atoms with E-state index in [0.29, 0.717) is 50.6 Å². The first-order valence-corrected chi connectivity index (χ1v) is 16.0. The number of hydrogen-bond donors (Lipinski definition) is 1. The number of carbonyl (C=O) groups is 1. The fourth-order valence-corrected chi connectivity index (χ4v) is 6.31. The first kappa shape index (κ1) is 32.0. The van der Waals surface area contributed by atoms with E-state index in [2.05, 4.69) is 21.6 Å². The van der Waals surface area contributed by atoms with Crippen LogP contribution in [0.4, 0.5) is 4.39 Å². The van der Waals surface area contributed by atoms with Crippen molar-refractivity contribution < 1.29 is 13.9 Å². The monoisotopic (exact) mass is 616 g/mol. The van der Waals surface area contributed by atoms with Crippen molar-refractivity contribution in [3.63, 3.8) is 0 Å². The van der Waals surface area contributed by atoms with Crippen LogP contribution in [0.1, 0.15) is 42.0 Å². The largest absolute Gasteiger partial charge is 0.493 e. The number of piperidine rings is 1. The van der Waals surface area contributed by atoms with Gasteiger partial charge in [0.05, 0.1) is 12.6 Å². The number of likely N-dealkylation sites (tertiary alicyclic amines) is 1. The Labute approximate surface area is 265 Å². The zero-order valence-corrected chi connectivity index (χ0v) is 26.2. The van der Waals surface area contributed by atoms with Gasteiger partial charge in [-0.1, -0.05) is 47.7 Å². The Morgan fingerprint density at radius 2 is 1.73 bits per heavy atom. The maximum absolute atomic E-state index is 14.5. The quantitative estimate of drug-likeness (QED) is 0.335. The molecule has 2 N–H and O–H groups in total. The van der Waals surface area contributed by atoms with Crippen LogP contribution in [-0.2, 0) is 17.8 Å². The molecule has 2 fully saturated rings. The minimum Gasteiger partial charge on any atom is -0.493 e. The molecule has 6 nitrogen and oxygen atoms in total. The average molecular weight is 617 g/mol. The molecule has 232 valence electrons. The molecular formula is C36H42ClFN4O2. The van der Waals surface area contributed by atoms with Crippen molar-refractivity contribution >= 4 is 17.5 Å². The number of halogens is 2. The van der Waals surface area contributed by atoms with E-state index in [-0.39, 0.29) is 17.6 Å². The minimum atomic E-state index is -0.493. The molecule has 0 radical (unpaired) electrons. The van der Waals surface area contributed by atoms with E-state index >= 15 is 0 Å². The van der Waals surface area contributed by atoms with Gasteiger partial charge in [-0.05, 0) is 93.2 Å². The van der Waals surface area contributed by atoms with Crippen LogP contribution in [0.3, 0.4) is 0 Å². The van der Waals surface area contributed by atoms with Gasteiger partial charge in [0.25, 0.3) is 0 Å². The normalized spacial score (nSPS) is 17.1. The molecule has 2 aliphatic heterocycles. The molecule has 8 heteroatoms. The fourth-order valence-electron chi connectivity index (χ4n) is 6.11. The molecule has 1 amide bonds. The Bertz CT molecular complexity index is 1460. The summed E-state index contributed by atoms with van der Waals surface area (Å²) in [5.74, 6) is 7.11. The second kappa shape index (κ2) is 15.5. The number of ether oxygens (including phenoxy) is 1. The van der Waals surface area contributed by atoms with E-state index in [1.165, 1.54) is 6.07 Å². The molecule has 5 rings (SSSR count). The van der Waals surface area contributed by atoms with E-state index in [4.69, 9.17) is 22.1 Å². The van der Waals surface area contributed by atoms with Crippen LogP contribution in [0, 0.1) is 23.6 Å². The molecule has 2 heterocycles. The topological polar surface area (TPSA) is 62.0 Å². The highest BCUT2D eigenvalue weighted by atomic mass is 35.5. The SMILES string of the molecule is CCOc1cccc(F)c1CN1CCN(C(=O)[C@H](N)C2CCN(CCc3cc(Cl)ccc3C#Cc3ccccc3)CC2)CC1. The van der Waals surface area contributed by atoms with Gasteiger partial charge in [0.15, 0.2) is 0 Å². The number of benzene rings is 3. The summed E-state index contributed by atoms with van der Waals surface area (Å²) in [6.45, 7) is 8.13. The van der Waals surface area contributed by atoms with Gasteiger partial charge in [-0.25, -0.2) is 4.39 Å². The van der Waals surface area contributed by atoms with Crippen molar-refractivity contribution in [2.75, 3.05) is 52.4 Å².